The molecule has 5 heteroatoms. The van der Waals surface area contributed by atoms with E-state index in [0.29, 0.717) is 6.54 Å². The molecule has 1 aliphatic heterocycles. The van der Waals surface area contributed by atoms with E-state index in [4.69, 9.17) is 0 Å². The minimum Gasteiger partial charge on any atom is -0.334 e. The fourth-order valence-electron chi connectivity index (χ4n) is 4.35. The van der Waals surface area contributed by atoms with E-state index in [-0.39, 0.29) is 18.3 Å². The van der Waals surface area contributed by atoms with Gasteiger partial charge in [0.25, 0.3) is 0 Å². The number of hydrogen-bond acceptors (Lipinski definition) is 2. The summed E-state index contributed by atoms with van der Waals surface area (Å²) in [6.45, 7) is 1.42. The van der Waals surface area contributed by atoms with Crippen molar-refractivity contribution in [3.63, 3.8) is 0 Å². The zero-order chi connectivity index (χ0) is 20.5. The van der Waals surface area contributed by atoms with Crippen LogP contribution >= 0.6 is 12.4 Å². The van der Waals surface area contributed by atoms with Gasteiger partial charge in [0, 0.05) is 43.4 Å². The Bertz CT molecular complexity index is 1260. The highest BCUT2D eigenvalue weighted by Gasteiger charge is 2.20. The van der Waals surface area contributed by atoms with Crippen molar-refractivity contribution < 1.29 is 4.79 Å². The van der Waals surface area contributed by atoms with Crippen molar-refractivity contribution in [2.24, 2.45) is 7.05 Å². The Morgan fingerprint density at radius 3 is 2.52 bits per heavy atom. The average Bonchev–Trinajstić information content (AvgIpc) is 3.09. The number of aryl methyl sites for hydroxylation is 1. The van der Waals surface area contributed by atoms with Crippen molar-refractivity contribution in [1.29, 1.82) is 0 Å². The number of hydrogen-bond donors (Lipinski definition) is 0. The van der Waals surface area contributed by atoms with Gasteiger partial charge < -0.3 is 9.47 Å². The van der Waals surface area contributed by atoms with Crippen molar-refractivity contribution in [3.05, 3.63) is 95.7 Å². The lowest BCUT2D eigenvalue weighted by Gasteiger charge is -2.27. The largest absolute Gasteiger partial charge is 0.334 e. The Kier molecular flexibility index (Phi) is 5.92. The Labute approximate surface area is 188 Å². The quantitative estimate of drug-likeness (QED) is 0.416. The molecular formula is C26H24ClN3O. The number of carbonyl (C=O) groups excluding carboxylic acids is 1. The Balaban J connectivity index is 0.00000231. The first-order chi connectivity index (χ1) is 14.7. The average molecular weight is 430 g/mol. The predicted molar refractivity (Wildman–Crippen MR) is 128 cm³/mol. The Hall–Kier alpha value is -3.37. The summed E-state index contributed by atoms with van der Waals surface area (Å²) in [4.78, 5) is 19.5. The third-order valence-corrected chi connectivity index (χ3v) is 5.87. The number of carbonyl (C=O) groups is 1. The van der Waals surface area contributed by atoms with E-state index < -0.39 is 0 Å². The Morgan fingerprint density at radius 1 is 0.968 bits per heavy atom. The lowest BCUT2D eigenvalue weighted by molar-refractivity contribution is -0.126. The molecule has 0 fully saturated rings. The minimum atomic E-state index is 0. The van der Waals surface area contributed by atoms with E-state index in [1.165, 1.54) is 11.1 Å². The monoisotopic (exact) mass is 429 g/mol. The van der Waals surface area contributed by atoms with Gasteiger partial charge in [0.05, 0.1) is 5.69 Å². The molecule has 2 aromatic heterocycles. The molecule has 2 aromatic carbocycles. The van der Waals surface area contributed by atoms with Crippen molar-refractivity contribution >= 4 is 35.4 Å². The fraction of sp³-hybridized carbons (Fsp3) is 0.154. The van der Waals surface area contributed by atoms with Crippen LogP contribution in [-0.4, -0.2) is 26.9 Å². The zero-order valence-corrected chi connectivity index (χ0v) is 18.2. The van der Waals surface area contributed by atoms with Crippen molar-refractivity contribution in [1.82, 2.24) is 14.5 Å². The molecule has 0 radical (unpaired) electrons. The molecule has 1 aliphatic rings. The molecule has 0 aliphatic carbocycles. The van der Waals surface area contributed by atoms with Crippen LogP contribution in [-0.2, 0) is 24.8 Å². The lowest BCUT2D eigenvalue weighted by atomic mass is 10.00. The number of fused-ring (bicyclic) bond motifs is 2. The van der Waals surface area contributed by atoms with Gasteiger partial charge in [-0.25, -0.2) is 4.98 Å². The molecule has 3 heterocycles. The van der Waals surface area contributed by atoms with E-state index >= 15 is 0 Å². The molecule has 0 spiro atoms. The van der Waals surface area contributed by atoms with E-state index in [1.54, 1.807) is 12.3 Å². The maximum Gasteiger partial charge on any atom is 0.246 e. The molecule has 0 unspecified atom stereocenters. The number of pyridine rings is 1. The highest BCUT2D eigenvalue weighted by Crippen LogP contribution is 2.33. The molecule has 5 rings (SSSR count). The van der Waals surface area contributed by atoms with Gasteiger partial charge in [0.2, 0.25) is 5.91 Å². The summed E-state index contributed by atoms with van der Waals surface area (Å²) in [7, 11) is 2.03. The summed E-state index contributed by atoms with van der Waals surface area (Å²) in [5.41, 5.74) is 6.70. The predicted octanol–water partition coefficient (Wildman–Crippen LogP) is 5.26. The highest BCUT2D eigenvalue weighted by molar-refractivity contribution is 6.00. The molecule has 0 saturated carbocycles. The highest BCUT2D eigenvalue weighted by atomic mass is 35.5. The summed E-state index contributed by atoms with van der Waals surface area (Å²) < 4.78 is 2.10. The standard InChI is InChI=1S/C26H23N3O.ClH/c1-28-25(20-9-3-2-4-10-20)22(23-12-7-16-27-26(23)28)13-14-24(30)29-17-15-19-8-5-6-11-21(19)18-29;/h2-14,16H,15,17-18H2,1H3;1H/b14-13+;. The third kappa shape index (κ3) is 3.87. The van der Waals surface area contributed by atoms with Crippen molar-refractivity contribution in [2.45, 2.75) is 13.0 Å². The third-order valence-electron chi connectivity index (χ3n) is 5.87. The number of rotatable bonds is 3. The number of nitrogens with zero attached hydrogens (tertiary/aromatic N) is 3. The van der Waals surface area contributed by atoms with Gasteiger partial charge in [0.1, 0.15) is 5.65 Å². The van der Waals surface area contributed by atoms with Crippen molar-refractivity contribution in [2.75, 3.05) is 6.54 Å². The lowest BCUT2D eigenvalue weighted by Crippen LogP contribution is -2.34. The van der Waals surface area contributed by atoms with Gasteiger partial charge in [-0.15, -0.1) is 12.4 Å². The summed E-state index contributed by atoms with van der Waals surface area (Å²) in [6, 6.07) is 22.6. The zero-order valence-electron chi connectivity index (χ0n) is 17.4. The smallest absolute Gasteiger partial charge is 0.246 e. The van der Waals surface area contributed by atoms with Crippen LogP contribution < -0.4 is 0 Å². The van der Waals surface area contributed by atoms with Crippen LogP contribution in [0.25, 0.3) is 28.4 Å². The van der Waals surface area contributed by atoms with Crippen LogP contribution in [0.15, 0.2) is 79.0 Å². The van der Waals surface area contributed by atoms with E-state index in [9.17, 15) is 4.79 Å². The van der Waals surface area contributed by atoms with Gasteiger partial charge in [-0.1, -0.05) is 54.6 Å². The van der Waals surface area contributed by atoms with Crippen LogP contribution in [0.5, 0.6) is 0 Å². The van der Waals surface area contributed by atoms with Gasteiger partial charge in [0.15, 0.2) is 0 Å². The van der Waals surface area contributed by atoms with Crippen LogP contribution in [0.1, 0.15) is 16.7 Å². The SMILES string of the molecule is Cl.Cn1c(-c2ccccc2)c(/C=C/C(=O)N2CCc3ccccc3C2)c2cccnc21. The van der Waals surface area contributed by atoms with E-state index in [1.807, 2.05) is 48.4 Å². The van der Waals surface area contributed by atoms with Crippen molar-refractivity contribution in [3.8, 4) is 11.3 Å². The topological polar surface area (TPSA) is 38.1 Å². The minimum absolute atomic E-state index is 0. The fourth-order valence-corrected chi connectivity index (χ4v) is 4.35. The maximum atomic E-state index is 13.0. The molecule has 0 N–H and O–H groups in total. The molecule has 31 heavy (non-hydrogen) atoms. The number of halogens is 1. The van der Waals surface area contributed by atoms with E-state index in [2.05, 4.69) is 45.9 Å². The van der Waals surface area contributed by atoms with E-state index in [0.717, 1.165) is 40.8 Å². The molecule has 4 aromatic rings. The normalized spacial score (nSPS) is 13.3. The molecule has 0 bridgehead atoms. The van der Waals surface area contributed by atoms with Gasteiger partial charge >= 0.3 is 0 Å². The first-order valence-corrected chi connectivity index (χ1v) is 10.2. The molecule has 1 amide bonds. The van der Waals surface area contributed by atoms with Crippen LogP contribution in [0, 0.1) is 0 Å². The summed E-state index contributed by atoms with van der Waals surface area (Å²) >= 11 is 0. The molecule has 156 valence electrons. The van der Waals surface area contributed by atoms with Crippen LogP contribution in [0.3, 0.4) is 0 Å². The van der Waals surface area contributed by atoms with Gasteiger partial charge in [-0.05, 0) is 41.3 Å². The molecule has 4 nitrogen and oxygen atoms in total. The maximum absolute atomic E-state index is 13.0. The second-order valence-corrected chi connectivity index (χ2v) is 7.67. The number of aromatic nitrogens is 2. The van der Waals surface area contributed by atoms with Crippen LogP contribution in [0.4, 0.5) is 0 Å². The molecular weight excluding hydrogens is 406 g/mol. The molecule has 0 saturated heterocycles. The molecule has 0 atom stereocenters. The van der Waals surface area contributed by atoms with Gasteiger partial charge in [-0.2, -0.15) is 0 Å². The van der Waals surface area contributed by atoms with Gasteiger partial charge in [-0.3, -0.25) is 4.79 Å². The second-order valence-electron chi connectivity index (χ2n) is 7.67. The summed E-state index contributed by atoms with van der Waals surface area (Å²) in [6.07, 6.45) is 6.38. The first-order valence-electron chi connectivity index (χ1n) is 10.2. The first kappa shape index (κ1) is 20.9. The summed E-state index contributed by atoms with van der Waals surface area (Å²) in [5.74, 6) is 0.0457. The second kappa shape index (κ2) is 8.78. The number of benzene rings is 2. The summed E-state index contributed by atoms with van der Waals surface area (Å²) in [5, 5.41) is 1.05. The number of amides is 1. The Morgan fingerprint density at radius 2 is 1.71 bits per heavy atom. The van der Waals surface area contributed by atoms with Crippen LogP contribution in [0.2, 0.25) is 0 Å².